The molecule has 1 fully saturated rings. The number of carbonyl (C=O) groups is 1. The van der Waals surface area contributed by atoms with Crippen LogP contribution in [0.15, 0.2) is 70.5 Å². The normalized spacial score (nSPS) is 14.0. The second kappa shape index (κ2) is 9.68. The van der Waals surface area contributed by atoms with Crippen molar-refractivity contribution >= 4 is 44.6 Å². The Kier molecular flexibility index (Phi) is 6.71. The summed E-state index contributed by atoms with van der Waals surface area (Å²) < 4.78 is 29.4. The molecule has 2 heterocycles. The fourth-order valence-electron chi connectivity index (χ4n) is 3.70. The van der Waals surface area contributed by atoms with Crippen LogP contribution in [0.2, 0.25) is 5.02 Å². The number of nitrogens with zero attached hydrogens (tertiary/aromatic N) is 1. The molecule has 0 aliphatic carbocycles. The molecular weight excluding hydrogens is 464 g/mol. The van der Waals surface area contributed by atoms with Gasteiger partial charge in [0.05, 0.1) is 22.0 Å². The lowest BCUT2D eigenvalue weighted by molar-refractivity contribution is 0.102. The van der Waals surface area contributed by atoms with E-state index in [9.17, 15) is 18.0 Å². The van der Waals surface area contributed by atoms with Crippen LogP contribution in [-0.4, -0.2) is 32.4 Å². The molecule has 172 valence electrons. The highest BCUT2D eigenvalue weighted by Gasteiger charge is 2.25. The SMILES string of the molecule is O=C(Nc1ccc(N2CCCCC2)c(S(=O)(=O)Nc2ccccc2Cl)c1)c1ccc(=O)[nH]c1. The number of sulfonamides is 1. The summed E-state index contributed by atoms with van der Waals surface area (Å²) in [6.45, 7) is 1.50. The van der Waals surface area contributed by atoms with Crippen molar-refractivity contribution in [2.24, 2.45) is 0 Å². The minimum absolute atomic E-state index is 0.0450. The number of aromatic nitrogens is 1. The van der Waals surface area contributed by atoms with E-state index < -0.39 is 15.9 Å². The zero-order valence-electron chi connectivity index (χ0n) is 17.7. The summed E-state index contributed by atoms with van der Waals surface area (Å²) in [5, 5.41) is 2.98. The maximum atomic E-state index is 13.4. The molecule has 33 heavy (non-hydrogen) atoms. The number of H-pyrrole nitrogens is 1. The topological polar surface area (TPSA) is 111 Å². The van der Waals surface area contributed by atoms with E-state index in [2.05, 4.69) is 15.0 Å². The fraction of sp³-hybridized carbons (Fsp3) is 0.217. The van der Waals surface area contributed by atoms with Crippen LogP contribution in [0.5, 0.6) is 0 Å². The molecule has 8 nitrogen and oxygen atoms in total. The van der Waals surface area contributed by atoms with Gasteiger partial charge in [0.15, 0.2) is 0 Å². The first-order chi connectivity index (χ1) is 15.8. The second-order valence-corrected chi connectivity index (χ2v) is 9.77. The summed E-state index contributed by atoms with van der Waals surface area (Å²) in [7, 11) is -4.02. The third-order valence-electron chi connectivity index (χ3n) is 5.37. The van der Waals surface area contributed by atoms with Gasteiger partial charge < -0.3 is 15.2 Å². The van der Waals surface area contributed by atoms with E-state index in [1.165, 1.54) is 24.4 Å². The lowest BCUT2D eigenvalue weighted by Gasteiger charge is -2.30. The minimum atomic E-state index is -4.02. The fourth-order valence-corrected chi connectivity index (χ4v) is 5.27. The molecule has 0 spiro atoms. The Hall–Kier alpha value is -3.30. The number of hydrogen-bond acceptors (Lipinski definition) is 5. The predicted molar refractivity (Wildman–Crippen MR) is 130 cm³/mol. The first-order valence-corrected chi connectivity index (χ1v) is 12.4. The van der Waals surface area contributed by atoms with Crippen LogP contribution in [0.1, 0.15) is 29.6 Å². The highest BCUT2D eigenvalue weighted by molar-refractivity contribution is 7.93. The van der Waals surface area contributed by atoms with Gasteiger partial charge in [-0.1, -0.05) is 23.7 Å². The van der Waals surface area contributed by atoms with Crippen molar-refractivity contribution in [3.8, 4) is 0 Å². The van der Waals surface area contributed by atoms with Crippen molar-refractivity contribution in [3.63, 3.8) is 0 Å². The third kappa shape index (κ3) is 5.37. The highest BCUT2D eigenvalue weighted by Crippen LogP contribution is 2.33. The monoisotopic (exact) mass is 486 g/mol. The number of amides is 1. The van der Waals surface area contributed by atoms with E-state index in [0.29, 0.717) is 11.4 Å². The summed E-state index contributed by atoms with van der Waals surface area (Å²) in [6, 6.07) is 14.0. The molecule has 1 amide bonds. The van der Waals surface area contributed by atoms with Gasteiger partial charge in [-0.15, -0.1) is 0 Å². The Bertz CT molecular complexity index is 1310. The first-order valence-electron chi connectivity index (χ1n) is 10.5. The molecule has 0 saturated carbocycles. The van der Waals surface area contributed by atoms with Crippen molar-refractivity contribution in [2.45, 2.75) is 24.2 Å². The largest absolute Gasteiger partial charge is 0.370 e. The van der Waals surface area contributed by atoms with Crippen LogP contribution in [0, 0.1) is 0 Å². The number of benzene rings is 2. The summed E-state index contributed by atoms with van der Waals surface area (Å²) in [5.41, 5.74) is 1.07. The third-order valence-corrected chi connectivity index (χ3v) is 7.09. The number of piperidine rings is 1. The molecule has 1 aromatic heterocycles. The predicted octanol–water partition coefficient (Wildman–Crippen LogP) is 4.07. The van der Waals surface area contributed by atoms with E-state index in [1.807, 2.05) is 4.90 Å². The van der Waals surface area contributed by atoms with Crippen molar-refractivity contribution in [1.29, 1.82) is 0 Å². The molecule has 1 aliphatic heterocycles. The van der Waals surface area contributed by atoms with Gasteiger partial charge in [0.2, 0.25) is 5.56 Å². The van der Waals surface area contributed by atoms with Crippen LogP contribution in [0.25, 0.3) is 0 Å². The standard InChI is InChI=1S/C23H23ClN4O4S/c24-18-6-2-3-7-19(18)27-33(31,32)21-14-17(9-10-20(21)28-12-4-1-5-13-28)26-23(30)16-8-11-22(29)25-15-16/h2-3,6-11,14-15,27H,1,4-5,12-13H2,(H,25,29)(H,26,30). The number of para-hydroxylation sites is 1. The molecule has 0 bridgehead atoms. The van der Waals surface area contributed by atoms with Gasteiger partial charge in [-0.05, 0) is 55.7 Å². The summed E-state index contributed by atoms with van der Waals surface area (Å²) in [4.78, 5) is 28.4. The number of anilines is 3. The maximum Gasteiger partial charge on any atom is 0.264 e. The number of rotatable bonds is 6. The van der Waals surface area contributed by atoms with Gasteiger partial charge in [0.1, 0.15) is 4.90 Å². The quantitative estimate of drug-likeness (QED) is 0.486. The molecule has 0 unspecified atom stereocenters. The van der Waals surface area contributed by atoms with Crippen molar-refractivity contribution in [3.05, 3.63) is 81.7 Å². The Balaban J connectivity index is 1.70. The Labute approximate surface area is 196 Å². The first kappa shape index (κ1) is 22.9. The van der Waals surface area contributed by atoms with Crippen LogP contribution in [0.3, 0.4) is 0 Å². The summed E-state index contributed by atoms with van der Waals surface area (Å²) >= 11 is 6.17. The highest BCUT2D eigenvalue weighted by atomic mass is 35.5. The van der Waals surface area contributed by atoms with E-state index in [-0.39, 0.29) is 26.7 Å². The molecule has 3 N–H and O–H groups in total. The molecule has 4 rings (SSSR count). The maximum absolute atomic E-state index is 13.4. The van der Waals surface area contributed by atoms with E-state index in [0.717, 1.165) is 32.4 Å². The second-order valence-electron chi connectivity index (χ2n) is 7.71. The molecule has 1 saturated heterocycles. The van der Waals surface area contributed by atoms with Gasteiger partial charge in [-0.2, -0.15) is 0 Å². The minimum Gasteiger partial charge on any atom is -0.370 e. The number of halogens is 1. The number of aromatic amines is 1. The van der Waals surface area contributed by atoms with Gasteiger partial charge in [0, 0.05) is 31.0 Å². The molecule has 3 aromatic rings. The average Bonchev–Trinajstić information content (AvgIpc) is 2.81. The van der Waals surface area contributed by atoms with Crippen LogP contribution < -0.4 is 20.5 Å². The van der Waals surface area contributed by atoms with Crippen LogP contribution in [-0.2, 0) is 10.0 Å². The van der Waals surface area contributed by atoms with Crippen LogP contribution >= 0.6 is 11.6 Å². The zero-order valence-corrected chi connectivity index (χ0v) is 19.2. The van der Waals surface area contributed by atoms with Gasteiger partial charge in [-0.25, -0.2) is 8.42 Å². The number of hydrogen-bond donors (Lipinski definition) is 3. The Morgan fingerprint density at radius 3 is 2.45 bits per heavy atom. The van der Waals surface area contributed by atoms with Crippen molar-refractivity contribution in [1.82, 2.24) is 4.98 Å². The number of pyridine rings is 1. The van der Waals surface area contributed by atoms with Gasteiger partial charge in [0.25, 0.3) is 15.9 Å². The number of carbonyl (C=O) groups excluding carboxylic acids is 1. The van der Waals surface area contributed by atoms with Crippen LogP contribution in [0.4, 0.5) is 17.1 Å². The Morgan fingerprint density at radius 2 is 1.76 bits per heavy atom. The lowest BCUT2D eigenvalue weighted by Crippen LogP contribution is -2.31. The molecule has 1 aliphatic rings. The molecule has 0 radical (unpaired) electrons. The van der Waals surface area contributed by atoms with Crippen molar-refractivity contribution < 1.29 is 13.2 Å². The van der Waals surface area contributed by atoms with Gasteiger partial charge in [-0.3, -0.25) is 14.3 Å². The van der Waals surface area contributed by atoms with Gasteiger partial charge >= 0.3 is 0 Å². The summed E-state index contributed by atoms with van der Waals surface area (Å²) in [6.07, 6.45) is 4.35. The van der Waals surface area contributed by atoms with E-state index in [1.54, 1.807) is 36.4 Å². The average molecular weight is 487 g/mol. The Morgan fingerprint density at radius 1 is 1.00 bits per heavy atom. The lowest BCUT2D eigenvalue weighted by atomic mass is 10.1. The molecule has 0 atom stereocenters. The zero-order chi connectivity index (χ0) is 23.4. The number of nitrogens with one attached hydrogen (secondary N) is 3. The van der Waals surface area contributed by atoms with E-state index >= 15 is 0 Å². The molecule has 2 aromatic carbocycles. The smallest absolute Gasteiger partial charge is 0.264 e. The summed E-state index contributed by atoms with van der Waals surface area (Å²) in [5.74, 6) is -0.473. The van der Waals surface area contributed by atoms with E-state index in [4.69, 9.17) is 11.6 Å². The molecule has 10 heteroatoms. The van der Waals surface area contributed by atoms with Crippen molar-refractivity contribution in [2.75, 3.05) is 28.0 Å². The molecular formula is C23H23ClN4O4S.